The number of hydrogen-bond acceptors (Lipinski definition) is 5. The molecule has 3 aromatic rings. The van der Waals surface area contributed by atoms with E-state index in [-0.39, 0.29) is 19.1 Å². The molecule has 6 rings (SSSR count). The van der Waals surface area contributed by atoms with Crippen molar-refractivity contribution in [3.63, 3.8) is 0 Å². The number of anilines is 1. The lowest BCUT2D eigenvalue weighted by Gasteiger charge is -2.30. The number of para-hydroxylation sites is 1. The number of hydrogen-bond donors (Lipinski definition) is 1. The lowest BCUT2D eigenvalue weighted by molar-refractivity contribution is -0.147. The van der Waals surface area contributed by atoms with E-state index in [4.69, 9.17) is 9.47 Å². The number of esters is 1. The zero-order valence-electron chi connectivity index (χ0n) is 20.1. The molecule has 1 fully saturated rings. The van der Waals surface area contributed by atoms with E-state index in [1.807, 2.05) is 42.5 Å². The fraction of sp³-hybridized carbons (Fsp3) is 0.267. The molecule has 6 heteroatoms. The van der Waals surface area contributed by atoms with Gasteiger partial charge in [-0.15, -0.1) is 0 Å². The minimum absolute atomic E-state index is 0.0600. The molecule has 2 aliphatic heterocycles. The first-order chi connectivity index (χ1) is 17.5. The fourth-order valence-electron chi connectivity index (χ4n) is 6.17. The van der Waals surface area contributed by atoms with Gasteiger partial charge in [-0.2, -0.15) is 0 Å². The van der Waals surface area contributed by atoms with Crippen LogP contribution in [0.4, 0.5) is 10.5 Å². The summed E-state index contributed by atoms with van der Waals surface area (Å²) in [4.78, 5) is 28.3. The van der Waals surface area contributed by atoms with Crippen LogP contribution in [0.1, 0.15) is 36.0 Å². The Morgan fingerprint density at radius 2 is 1.64 bits per heavy atom. The Morgan fingerprint density at radius 1 is 1.00 bits per heavy atom. The van der Waals surface area contributed by atoms with E-state index in [9.17, 15) is 9.59 Å². The van der Waals surface area contributed by atoms with Gasteiger partial charge in [0.1, 0.15) is 25.4 Å². The molecule has 2 heterocycles. The maximum absolute atomic E-state index is 13.7. The number of carbonyl (C=O) groups is 2. The molecule has 0 bridgehead atoms. The van der Waals surface area contributed by atoms with Crippen LogP contribution >= 0.6 is 0 Å². The third kappa shape index (κ3) is 3.32. The first-order valence-electron chi connectivity index (χ1n) is 12.3. The summed E-state index contributed by atoms with van der Waals surface area (Å²) in [5.74, 6) is -0.506. The molecule has 6 nitrogen and oxygen atoms in total. The molecule has 0 radical (unpaired) electrons. The van der Waals surface area contributed by atoms with E-state index in [2.05, 4.69) is 49.2 Å². The van der Waals surface area contributed by atoms with Crippen LogP contribution < -0.4 is 5.32 Å². The second-order valence-corrected chi connectivity index (χ2v) is 9.86. The SMILES string of the molecule is C=CCOC(=O)[C@@H]1C[C@@]2(C)c3ccccc3N[C@H]2N1C(=O)OCC1c2ccccc2-c2ccccc21. The molecule has 3 aromatic carbocycles. The van der Waals surface area contributed by atoms with Crippen LogP contribution in [-0.2, 0) is 19.7 Å². The molecule has 0 spiro atoms. The minimum Gasteiger partial charge on any atom is -0.460 e. The Labute approximate surface area is 210 Å². The summed E-state index contributed by atoms with van der Waals surface area (Å²) in [5, 5.41) is 3.47. The number of amides is 1. The number of likely N-dealkylation sites (tertiary alicyclic amines) is 1. The quantitative estimate of drug-likeness (QED) is 0.389. The molecule has 1 N–H and O–H groups in total. The average molecular weight is 481 g/mol. The van der Waals surface area contributed by atoms with Crippen molar-refractivity contribution in [2.75, 3.05) is 18.5 Å². The van der Waals surface area contributed by atoms with Gasteiger partial charge in [-0.3, -0.25) is 4.90 Å². The summed E-state index contributed by atoms with van der Waals surface area (Å²) in [7, 11) is 0. The predicted octanol–water partition coefficient (Wildman–Crippen LogP) is 5.45. The summed E-state index contributed by atoms with van der Waals surface area (Å²) in [6.07, 6.45) is 1.04. The molecule has 182 valence electrons. The highest BCUT2D eigenvalue weighted by Crippen LogP contribution is 2.51. The van der Waals surface area contributed by atoms with Crippen molar-refractivity contribution in [1.29, 1.82) is 0 Å². The van der Waals surface area contributed by atoms with Gasteiger partial charge in [0.2, 0.25) is 0 Å². The normalized spacial score (nSPS) is 23.2. The molecule has 1 saturated heterocycles. The van der Waals surface area contributed by atoms with E-state index < -0.39 is 29.7 Å². The predicted molar refractivity (Wildman–Crippen MR) is 138 cm³/mol. The Hall–Kier alpha value is -4.06. The number of fused-ring (bicyclic) bond motifs is 6. The van der Waals surface area contributed by atoms with Gasteiger partial charge in [0.05, 0.1) is 0 Å². The molecule has 36 heavy (non-hydrogen) atoms. The van der Waals surface area contributed by atoms with Crippen molar-refractivity contribution >= 4 is 17.7 Å². The van der Waals surface area contributed by atoms with Crippen LogP contribution in [0.3, 0.4) is 0 Å². The lowest BCUT2D eigenvalue weighted by Crippen LogP contribution is -2.50. The van der Waals surface area contributed by atoms with Gasteiger partial charge in [0, 0.05) is 17.0 Å². The van der Waals surface area contributed by atoms with Crippen molar-refractivity contribution in [3.8, 4) is 11.1 Å². The summed E-state index contributed by atoms with van der Waals surface area (Å²) >= 11 is 0. The molecule has 0 aromatic heterocycles. The van der Waals surface area contributed by atoms with Crippen LogP contribution in [0.25, 0.3) is 11.1 Å². The van der Waals surface area contributed by atoms with Crippen molar-refractivity contribution in [1.82, 2.24) is 4.90 Å². The van der Waals surface area contributed by atoms with E-state index in [0.717, 1.165) is 22.4 Å². The van der Waals surface area contributed by atoms with Gasteiger partial charge < -0.3 is 14.8 Å². The van der Waals surface area contributed by atoms with Gasteiger partial charge in [-0.25, -0.2) is 9.59 Å². The molecule has 3 atom stereocenters. The van der Waals surface area contributed by atoms with Crippen LogP contribution in [0, 0.1) is 0 Å². The molecule has 1 amide bonds. The molecule has 3 aliphatic rings. The van der Waals surface area contributed by atoms with E-state index in [1.165, 1.54) is 22.1 Å². The molecule has 1 aliphatic carbocycles. The maximum atomic E-state index is 13.7. The minimum atomic E-state index is -0.753. The highest BCUT2D eigenvalue weighted by Gasteiger charge is 2.59. The third-order valence-electron chi connectivity index (χ3n) is 7.83. The van der Waals surface area contributed by atoms with Crippen molar-refractivity contribution in [3.05, 3.63) is 102 Å². The Balaban J connectivity index is 1.28. The van der Waals surface area contributed by atoms with Crippen molar-refractivity contribution < 1.29 is 19.1 Å². The Bertz CT molecular complexity index is 1320. The summed E-state index contributed by atoms with van der Waals surface area (Å²) in [6, 6.07) is 23.7. The van der Waals surface area contributed by atoms with Crippen molar-refractivity contribution in [2.24, 2.45) is 0 Å². The molecule has 0 unspecified atom stereocenters. The topological polar surface area (TPSA) is 67.9 Å². The lowest BCUT2D eigenvalue weighted by atomic mass is 9.80. The van der Waals surface area contributed by atoms with Crippen LogP contribution in [0.15, 0.2) is 85.5 Å². The molecule has 0 saturated carbocycles. The number of nitrogens with one attached hydrogen (secondary N) is 1. The van der Waals surface area contributed by atoms with Gasteiger partial charge in [0.15, 0.2) is 0 Å². The van der Waals surface area contributed by atoms with Crippen LogP contribution in [0.5, 0.6) is 0 Å². The van der Waals surface area contributed by atoms with Crippen molar-refractivity contribution in [2.45, 2.75) is 36.9 Å². The van der Waals surface area contributed by atoms with Gasteiger partial charge >= 0.3 is 12.1 Å². The monoisotopic (exact) mass is 480 g/mol. The largest absolute Gasteiger partial charge is 0.460 e. The van der Waals surface area contributed by atoms with E-state index in [0.29, 0.717) is 6.42 Å². The Morgan fingerprint density at radius 3 is 2.33 bits per heavy atom. The number of benzene rings is 3. The number of rotatable bonds is 5. The van der Waals surface area contributed by atoms with Gasteiger partial charge in [-0.1, -0.05) is 86.3 Å². The standard InChI is InChI=1S/C30H28N2O4/c1-3-16-35-27(33)26-17-30(2)24-14-8-9-15-25(24)31-28(30)32(26)29(34)36-18-23-21-12-6-4-10-19(21)20-11-5-7-13-22(20)23/h3-15,23,26,28,31H,1,16-18H2,2H3/t26-,28-,30-/m0/s1. The van der Waals surface area contributed by atoms with Gasteiger partial charge in [0.25, 0.3) is 0 Å². The van der Waals surface area contributed by atoms with E-state index in [1.54, 1.807) is 0 Å². The zero-order chi connectivity index (χ0) is 24.9. The number of nitrogens with zero attached hydrogens (tertiary/aromatic N) is 1. The first kappa shape index (κ1) is 22.4. The highest BCUT2D eigenvalue weighted by atomic mass is 16.6. The smallest absolute Gasteiger partial charge is 0.412 e. The first-order valence-corrected chi connectivity index (χ1v) is 12.3. The third-order valence-corrected chi connectivity index (χ3v) is 7.83. The van der Waals surface area contributed by atoms with Gasteiger partial charge in [-0.05, 0) is 40.3 Å². The molecular weight excluding hydrogens is 452 g/mol. The van der Waals surface area contributed by atoms with Crippen LogP contribution in [-0.4, -0.2) is 42.4 Å². The van der Waals surface area contributed by atoms with Crippen LogP contribution in [0.2, 0.25) is 0 Å². The maximum Gasteiger partial charge on any atom is 0.412 e. The molecular formula is C30H28N2O4. The second kappa shape index (κ2) is 8.55. The number of carbonyl (C=O) groups excluding carboxylic acids is 2. The summed E-state index contributed by atoms with van der Waals surface area (Å²) in [6.45, 7) is 6.00. The Kier molecular flexibility index (Phi) is 5.32. The highest BCUT2D eigenvalue weighted by molar-refractivity contribution is 5.85. The summed E-state index contributed by atoms with van der Waals surface area (Å²) in [5.41, 5.74) is 6.24. The second-order valence-electron chi connectivity index (χ2n) is 9.86. The summed E-state index contributed by atoms with van der Waals surface area (Å²) < 4.78 is 11.4. The number of ether oxygens (including phenoxy) is 2. The average Bonchev–Trinajstić information content (AvgIpc) is 3.49. The fourth-order valence-corrected chi connectivity index (χ4v) is 6.17. The van der Waals surface area contributed by atoms with E-state index >= 15 is 0 Å². The zero-order valence-corrected chi connectivity index (χ0v) is 20.1.